The summed E-state index contributed by atoms with van der Waals surface area (Å²) in [5.74, 6) is -8.73. The maximum atomic E-state index is 14.6. The fourth-order valence-electron chi connectivity index (χ4n) is 8.46. The van der Waals surface area contributed by atoms with Crippen molar-refractivity contribution in [1.82, 2.24) is 46.7 Å². The smallest absolute Gasteiger partial charge is 0.303 e. The van der Waals surface area contributed by atoms with Crippen LogP contribution >= 0.6 is 11.8 Å². The minimum Gasteiger partial charge on any atom is -0.508 e. The molecule has 10 amide bonds. The number of nitrogens with one attached hydrogen (secondary N) is 6. The van der Waals surface area contributed by atoms with Crippen molar-refractivity contribution in [1.29, 1.82) is 0 Å². The average molecular weight is 1060 g/mol. The summed E-state index contributed by atoms with van der Waals surface area (Å²) in [6.07, 6.45) is 2.60. The molecule has 0 saturated carbocycles. The second-order valence-corrected chi connectivity index (χ2v) is 19.6. The molecule has 27 nitrogen and oxygen atoms in total. The van der Waals surface area contributed by atoms with E-state index in [1.165, 1.54) is 33.7 Å². The van der Waals surface area contributed by atoms with Crippen molar-refractivity contribution in [2.75, 3.05) is 44.7 Å². The highest BCUT2D eigenvalue weighted by Gasteiger charge is 2.44. The third kappa shape index (κ3) is 18.3. The summed E-state index contributed by atoms with van der Waals surface area (Å²) in [5, 5.41) is 36.4. The largest absolute Gasteiger partial charge is 0.508 e. The first-order valence-corrected chi connectivity index (χ1v) is 25.7. The summed E-state index contributed by atoms with van der Waals surface area (Å²) < 4.78 is 0. The van der Waals surface area contributed by atoms with Gasteiger partial charge in [-0.1, -0.05) is 39.8 Å². The van der Waals surface area contributed by atoms with E-state index in [1.54, 1.807) is 39.8 Å². The lowest BCUT2D eigenvalue weighted by atomic mass is 10.00. The Labute approximate surface area is 433 Å². The number of primary amides is 1. The number of benzene rings is 1. The first-order chi connectivity index (χ1) is 34.9. The van der Waals surface area contributed by atoms with Gasteiger partial charge in [-0.2, -0.15) is 11.8 Å². The quantitative estimate of drug-likeness (QED) is 0.0132. The minimum atomic E-state index is -1.80. The van der Waals surface area contributed by atoms with E-state index in [0.717, 1.165) is 6.92 Å². The van der Waals surface area contributed by atoms with E-state index >= 15 is 0 Å². The van der Waals surface area contributed by atoms with Crippen LogP contribution in [-0.4, -0.2) is 177 Å². The van der Waals surface area contributed by atoms with Crippen LogP contribution < -0.4 is 49.1 Å². The maximum Gasteiger partial charge on any atom is 0.303 e. The molecule has 13 N–H and O–H groups in total. The van der Waals surface area contributed by atoms with E-state index in [2.05, 4.69) is 36.9 Å². The molecule has 0 aromatic heterocycles. The molecule has 3 rings (SSSR count). The number of carbonyl (C=O) groups excluding carboxylic acids is 10. The van der Waals surface area contributed by atoms with Crippen molar-refractivity contribution < 1.29 is 58.1 Å². The molecular weight excluding hydrogens is 989 g/mol. The number of aliphatic imine (C=N–C) groups is 1. The van der Waals surface area contributed by atoms with E-state index in [9.17, 15) is 63.2 Å². The Morgan fingerprint density at radius 3 is 1.91 bits per heavy atom. The molecule has 410 valence electrons. The van der Waals surface area contributed by atoms with Crippen molar-refractivity contribution in [2.45, 2.75) is 128 Å². The van der Waals surface area contributed by atoms with Gasteiger partial charge in [0.1, 0.15) is 48.5 Å². The first kappa shape index (κ1) is 61.0. The number of hydrogen-bond donors (Lipinski definition) is 10. The number of phenolic OH excluding ortho intramolecular Hbond substituents is 1. The third-order valence-corrected chi connectivity index (χ3v) is 12.9. The summed E-state index contributed by atoms with van der Waals surface area (Å²) in [6, 6.07) is -2.93. The molecule has 1 aromatic rings. The third-order valence-electron chi connectivity index (χ3n) is 12.3. The Morgan fingerprint density at radius 1 is 0.784 bits per heavy atom. The molecule has 74 heavy (non-hydrogen) atoms. The summed E-state index contributed by atoms with van der Waals surface area (Å²) in [5.41, 5.74) is 16.8. The molecule has 0 unspecified atom stereocenters. The number of nitro groups is 1. The Balaban J connectivity index is 1.84. The van der Waals surface area contributed by atoms with Crippen LogP contribution in [0.2, 0.25) is 0 Å². The highest BCUT2D eigenvalue weighted by molar-refractivity contribution is 7.98. The maximum absolute atomic E-state index is 14.6. The average Bonchev–Trinajstić information content (AvgIpc) is 4.04. The number of hydrazine groups is 1. The number of phenols is 1. The molecular formula is C46H72N14O13S. The molecule has 2 aliphatic rings. The van der Waals surface area contributed by atoms with E-state index in [1.807, 2.05) is 6.26 Å². The molecule has 0 radical (unpaired) electrons. The minimum absolute atomic E-state index is 0.0203. The molecule has 0 spiro atoms. The molecule has 2 aliphatic heterocycles. The van der Waals surface area contributed by atoms with Gasteiger partial charge in [0.2, 0.25) is 53.2 Å². The zero-order valence-corrected chi connectivity index (χ0v) is 43.4. The van der Waals surface area contributed by atoms with Crippen molar-refractivity contribution >= 4 is 76.8 Å². The Morgan fingerprint density at radius 2 is 1.36 bits per heavy atom. The van der Waals surface area contributed by atoms with Gasteiger partial charge in [0.15, 0.2) is 17.0 Å². The van der Waals surface area contributed by atoms with Crippen LogP contribution in [0.3, 0.4) is 0 Å². The number of aromatic hydroxyl groups is 1. The number of guanidine groups is 1. The fraction of sp³-hybridized carbons (Fsp3) is 0.630. The second kappa shape index (κ2) is 29.4. The Bertz CT molecular complexity index is 2230. The van der Waals surface area contributed by atoms with Crippen LogP contribution in [0.15, 0.2) is 29.3 Å². The summed E-state index contributed by atoms with van der Waals surface area (Å²) in [7, 11) is 0. The molecule has 0 bridgehead atoms. The molecule has 0 aliphatic carbocycles. The van der Waals surface area contributed by atoms with Crippen LogP contribution in [0.25, 0.3) is 0 Å². The van der Waals surface area contributed by atoms with E-state index < -0.39 is 125 Å². The number of hydrogen-bond acceptors (Lipinski definition) is 15. The van der Waals surface area contributed by atoms with Crippen molar-refractivity contribution in [3.63, 3.8) is 0 Å². The molecule has 2 fully saturated rings. The lowest BCUT2D eigenvalue weighted by Crippen LogP contribution is -2.61. The number of nitrogens with two attached hydrogens (primary N) is 3. The zero-order chi connectivity index (χ0) is 55.4. The van der Waals surface area contributed by atoms with Crippen LogP contribution in [0.1, 0.15) is 85.1 Å². The summed E-state index contributed by atoms with van der Waals surface area (Å²) in [4.78, 5) is 153. The lowest BCUT2D eigenvalue weighted by molar-refractivity contribution is -0.640. The van der Waals surface area contributed by atoms with Crippen LogP contribution in [0.4, 0.5) is 0 Å². The number of nitrogens with zero attached hydrogens (tertiary/aromatic N) is 5. The SMILES string of the molecule is CSCC[C@H](NC(=O)CNC(=O)[C@@H]1CCCN1C(=O)[C@H](Cc1ccc(O)cc1)NC(=O)[C@@H]1CCCN1C(=O)[C@@H](NC(=O)[C@H](CCCN=C(N)N)N(C(=O)CNC(C)=O)[N+](=O)[O-])C(C)C)C(=O)N[C@H](C(N)=O)C(C)C. The normalized spacial score (nSPS) is 17.2. The molecule has 2 heterocycles. The number of thioether (sulfide) groups is 1. The Hall–Kier alpha value is -7.26. The van der Waals surface area contributed by atoms with Crippen LogP contribution in [0.5, 0.6) is 5.75 Å². The second-order valence-electron chi connectivity index (χ2n) is 18.6. The van der Waals surface area contributed by atoms with Gasteiger partial charge < -0.3 is 64.0 Å². The number of rotatable bonds is 28. The molecule has 1 aromatic carbocycles. The van der Waals surface area contributed by atoms with E-state index in [0.29, 0.717) is 24.2 Å². The van der Waals surface area contributed by atoms with E-state index in [-0.39, 0.29) is 80.8 Å². The van der Waals surface area contributed by atoms with Crippen molar-refractivity contribution in [3.8, 4) is 5.75 Å². The molecule has 2 saturated heterocycles. The van der Waals surface area contributed by atoms with Gasteiger partial charge in [-0.3, -0.25) is 52.9 Å². The van der Waals surface area contributed by atoms with E-state index in [4.69, 9.17) is 17.2 Å². The topological polar surface area (TPSA) is 406 Å². The molecule has 7 atom stereocenters. The monoisotopic (exact) mass is 1060 g/mol. The van der Waals surface area contributed by atoms with Crippen LogP contribution in [0, 0.1) is 22.0 Å². The zero-order valence-electron chi connectivity index (χ0n) is 42.6. The fourth-order valence-corrected chi connectivity index (χ4v) is 8.93. The molecule has 28 heteroatoms. The summed E-state index contributed by atoms with van der Waals surface area (Å²) in [6.45, 7) is 6.38. The summed E-state index contributed by atoms with van der Waals surface area (Å²) >= 11 is 1.43. The van der Waals surface area contributed by atoms with Gasteiger partial charge in [0.25, 0.3) is 0 Å². The highest BCUT2D eigenvalue weighted by Crippen LogP contribution is 2.24. The van der Waals surface area contributed by atoms with Gasteiger partial charge >= 0.3 is 5.91 Å². The predicted molar refractivity (Wildman–Crippen MR) is 270 cm³/mol. The first-order valence-electron chi connectivity index (χ1n) is 24.3. The standard InChI is InChI=1S/C46H72N14O13S/c1-25(2)37(39(47)65)55-40(66)30(17-21-74-6)53-35(63)23-52-41(67)32-11-8-19-57(32)44(70)31(22-28-13-15-29(62)16-14-28)54-42(68)33-12-9-20-58(33)45(71)38(26(3)4)56-43(69)34(10-7-18-50-46(48)49)59(60(72)73)36(64)24-51-27(5)61/h13-16,25-26,30-34,37-38,62H,7-12,17-24H2,1-6H3,(H2,47,65)(H,51,61)(H,52,67)(H,53,63)(H,54,68)(H,55,66)(H,56,69)(H4,48,49,50)/t30-,31-,32-,33-,34-,37-,38-/m0/s1. The Kier molecular flexibility index (Phi) is 24.3. The van der Waals surface area contributed by atoms with Gasteiger partial charge in [-0.15, -0.1) is 0 Å². The lowest BCUT2D eigenvalue weighted by Gasteiger charge is -2.33. The van der Waals surface area contributed by atoms with Crippen molar-refractivity contribution in [3.05, 3.63) is 39.9 Å². The number of amides is 10. The highest BCUT2D eigenvalue weighted by atomic mass is 32.2. The van der Waals surface area contributed by atoms with Gasteiger partial charge in [-0.25, -0.2) is 10.1 Å². The van der Waals surface area contributed by atoms with Gasteiger partial charge in [0, 0.05) is 33.0 Å². The predicted octanol–water partition coefficient (Wildman–Crippen LogP) is -2.90. The van der Waals surface area contributed by atoms with Gasteiger partial charge in [-0.05, 0) is 91.5 Å². The number of carbonyl (C=O) groups is 10. The van der Waals surface area contributed by atoms with Crippen LogP contribution in [-0.2, 0) is 54.4 Å². The van der Waals surface area contributed by atoms with Gasteiger partial charge in [0.05, 0.1) is 6.54 Å². The number of likely N-dealkylation sites (tertiary alicyclic amines) is 2. The van der Waals surface area contributed by atoms with Crippen molar-refractivity contribution in [2.24, 2.45) is 34.0 Å².